The van der Waals surface area contributed by atoms with Gasteiger partial charge >= 0.3 is 0 Å². The molecule has 1 aromatic carbocycles. The van der Waals surface area contributed by atoms with E-state index in [4.69, 9.17) is 17.3 Å². The molecule has 0 aliphatic carbocycles. The number of hydrogen-bond donors (Lipinski definition) is 1. The minimum Gasteiger partial charge on any atom is -0.397 e. The maximum absolute atomic E-state index is 12.4. The molecule has 2 aromatic rings. The summed E-state index contributed by atoms with van der Waals surface area (Å²) in [6.07, 6.45) is 3.06. The van der Waals surface area contributed by atoms with Crippen molar-refractivity contribution in [1.29, 1.82) is 0 Å². The van der Waals surface area contributed by atoms with Crippen LogP contribution in [0.1, 0.15) is 10.4 Å². The van der Waals surface area contributed by atoms with E-state index in [1.54, 1.807) is 12.1 Å². The Hall–Kier alpha value is -2.67. The van der Waals surface area contributed by atoms with Gasteiger partial charge in [0.15, 0.2) is 0 Å². The van der Waals surface area contributed by atoms with Crippen LogP contribution in [0.25, 0.3) is 0 Å². The van der Waals surface area contributed by atoms with Crippen LogP contribution in [0.2, 0.25) is 5.02 Å². The Morgan fingerprint density at radius 1 is 1.38 bits per heavy atom. The van der Waals surface area contributed by atoms with Crippen molar-refractivity contribution in [3.05, 3.63) is 57.4 Å². The molecule has 0 aliphatic rings. The first-order chi connectivity index (χ1) is 9.91. The van der Waals surface area contributed by atoms with E-state index in [0.717, 1.165) is 12.1 Å². The predicted molar refractivity (Wildman–Crippen MR) is 79.5 cm³/mol. The Bertz CT molecular complexity index is 706. The van der Waals surface area contributed by atoms with Crippen LogP contribution in [-0.2, 0) is 0 Å². The summed E-state index contributed by atoms with van der Waals surface area (Å²) in [5.74, 6) is -0.496. The topological polar surface area (TPSA) is 102 Å². The molecule has 0 fully saturated rings. The first-order valence-corrected chi connectivity index (χ1v) is 6.21. The summed E-state index contributed by atoms with van der Waals surface area (Å²) >= 11 is 5.85. The molecule has 2 N–H and O–H groups in total. The van der Waals surface area contributed by atoms with E-state index in [9.17, 15) is 14.9 Å². The van der Waals surface area contributed by atoms with E-state index in [0.29, 0.717) is 5.69 Å². The minimum atomic E-state index is -0.630. The van der Waals surface area contributed by atoms with Crippen LogP contribution in [0.5, 0.6) is 0 Å². The zero-order valence-electron chi connectivity index (χ0n) is 11.0. The van der Waals surface area contributed by atoms with Crippen LogP contribution in [-0.4, -0.2) is 22.9 Å². The van der Waals surface area contributed by atoms with Gasteiger partial charge in [-0.15, -0.1) is 0 Å². The molecule has 0 unspecified atom stereocenters. The smallest absolute Gasteiger partial charge is 0.271 e. The van der Waals surface area contributed by atoms with E-state index < -0.39 is 10.8 Å². The summed E-state index contributed by atoms with van der Waals surface area (Å²) < 4.78 is 0. The van der Waals surface area contributed by atoms with E-state index >= 15 is 0 Å². The van der Waals surface area contributed by atoms with Crippen molar-refractivity contribution in [1.82, 2.24) is 4.98 Å². The fourth-order valence-electron chi connectivity index (χ4n) is 1.75. The minimum absolute atomic E-state index is 0.00757. The number of hydrogen-bond acceptors (Lipinski definition) is 5. The SMILES string of the molecule is CN(C(=O)c1cc([N+](=O)[O-])cc(Cl)c1N)c1ccncc1. The fourth-order valence-corrected chi connectivity index (χ4v) is 1.97. The number of aromatic nitrogens is 1. The quantitative estimate of drug-likeness (QED) is 0.533. The molecular weight excluding hydrogens is 296 g/mol. The third-order valence-corrected chi connectivity index (χ3v) is 3.22. The van der Waals surface area contributed by atoms with Crippen molar-refractivity contribution >= 4 is 34.6 Å². The van der Waals surface area contributed by atoms with Crippen LogP contribution in [0, 0.1) is 10.1 Å². The number of non-ortho nitro benzene ring substituents is 1. The number of halogens is 1. The molecule has 0 aliphatic heterocycles. The highest BCUT2D eigenvalue weighted by Gasteiger charge is 2.22. The molecule has 21 heavy (non-hydrogen) atoms. The lowest BCUT2D eigenvalue weighted by molar-refractivity contribution is -0.384. The van der Waals surface area contributed by atoms with Crippen molar-refractivity contribution in [3.8, 4) is 0 Å². The van der Waals surface area contributed by atoms with Gasteiger partial charge in [-0.1, -0.05) is 11.6 Å². The number of nitrogens with two attached hydrogens (primary N) is 1. The Labute approximate surface area is 125 Å². The van der Waals surface area contributed by atoms with Gasteiger partial charge in [0.25, 0.3) is 11.6 Å². The van der Waals surface area contributed by atoms with Crippen molar-refractivity contribution in [3.63, 3.8) is 0 Å². The molecule has 2 rings (SSSR count). The second kappa shape index (κ2) is 5.76. The number of rotatable bonds is 3. The first kappa shape index (κ1) is 14.7. The van der Waals surface area contributed by atoms with Gasteiger partial charge in [0.2, 0.25) is 0 Å². The molecule has 0 saturated heterocycles. The highest BCUT2D eigenvalue weighted by Crippen LogP contribution is 2.30. The summed E-state index contributed by atoms with van der Waals surface area (Å²) in [6, 6.07) is 5.49. The number of carbonyl (C=O) groups is 1. The molecule has 0 spiro atoms. The third-order valence-electron chi connectivity index (χ3n) is 2.91. The van der Waals surface area contributed by atoms with Gasteiger partial charge in [-0.05, 0) is 12.1 Å². The molecule has 1 heterocycles. The highest BCUT2D eigenvalue weighted by molar-refractivity contribution is 6.34. The van der Waals surface area contributed by atoms with Crippen LogP contribution < -0.4 is 10.6 Å². The number of carbonyl (C=O) groups excluding carboxylic acids is 1. The van der Waals surface area contributed by atoms with Crippen molar-refractivity contribution in [2.24, 2.45) is 0 Å². The number of nitrogen functional groups attached to an aromatic ring is 1. The Morgan fingerprint density at radius 3 is 2.57 bits per heavy atom. The summed E-state index contributed by atoms with van der Waals surface area (Å²) in [7, 11) is 1.53. The van der Waals surface area contributed by atoms with Crippen LogP contribution in [0.4, 0.5) is 17.1 Å². The number of amides is 1. The molecule has 8 heteroatoms. The summed E-state index contributed by atoms with van der Waals surface area (Å²) in [5, 5.41) is 10.8. The zero-order valence-corrected chi connectivity index (χ0v) is 11.7. The zero-order chi connectivity index (χ0) is 15.6. The Balaban J connectivity index is 2.46. The Morgan fingerprint density at radius 2 is 2.00 bits per heavy atom. The standard InChI is InChI=1S/C13H11ClN4O3/c1-17(8-2-4-16-5-3-8)13(19)10-6-9(18(20)21)7-11(14)12(10)15/h2-7H,15H2,1H3. The molecular formula is C13H11ClN4O3. The fraction of sp³-hybridized carbons (Fsp3) is 0.0769. The number of nitro benzene ring substituents is 1. The molecule has 1 amide bonds. The number of nitrogens with zero attached hydrogens (tertiary/aromatic N) is 3. The molecule has 108 valence electrons. The number of nitro groups is 1. The second-order valence-corrected chi connectivity index (χ2v) is 4.62. The van der Waals surface area contributed by atoms with Gasteiger partial charge in [-0.3, -0.25) is 19.9 Å². The van der Waals surface area contributed by atoms with Crippen LogP contribution >= 0.6 is 11.6 Å². The largest absolute Gasteiger partial charge is 0.397 e. The van der Waals surface area contributed by atoms with E-state index in [2.05, 4.69) is 4.98 Å². The highest BCUT2D eigenvalue weighted by atomic mass is 35.5. The van der Waals surface area contributed by atoms with Gasteiger partial charge in [0.1, 0.15) is 0 Å². The summed E-state index contributed by atoms with van der Waals surface area (Å²) in [6.45, 7) is 0. The van der Waals surface area contributed by atoms with Crippen molar-refractivity contribution in [2.45, 2.75) is 0 Å². The summed E-state index contributed by atoms with van der Waals surface area (Å²) in [5.41, 5.74) is 6.03. The maximum atomic E-state index is 12.4. The Kier molecular flexibility index (Phi) is 4.04. The average Bonchev–Trinajstić information content (AvgIpc) is 2.49. The van der Waals surface area contributed by atoms with Gasteiger partial charge in [-0.25, -0.2) is 0 Å². The normalized spacial score (nSPS) is 10.2. The predicted octanol–water partition coefficient (Wildman–Crippen LogP) is 2.50. The number of pyridine rings is 1. The lowest BCUT2D eigenvalue weighted by Gasteiger charge is -2.18. The molecule has 0 radical (unpaired) electrons. The van der Waals surface area contributed by atoms with E-state index in [-0.39, 0.29) is 22.0 Å². The average molecular weight is 307 g/mol. The van der Waals surface area contributed by atoms with Crippen LogP contribution in [0.3, 0.4) is 0 Å². The first-order valence-electron chi connectivity index (χ1n) is 5.83. The van der Waals surface area contributed by atoms with Gasteiger partial charge in [0.05, 0.1) is 21.2 Å². The van der Waals surface area contributed by atoms with Gasteiger partial charge in [-0.2, -0.15) is 0 Å². The summed E-state index contributed by atoms with van der Waals surface area (Å²) in [4.78, 5) is 27.8. The van der Waals surface area contributed by atoms with Crippen molar-refractivity contribution in [2.75, 3.05) is 17.7 Å². The van der Waals surface area contributed by atoms with E-state index in [1.807, 2.05) is 0 Å². The number of benzene rings is 1. The molecule has 0 atom stereocenters. The number of anilines is 2. The molecule has 0 bridgehead atoms. The van der Waals surface area contributed by atoms with E-state index in [1.165, 1.54) is 24.3 Å². The maximum Gasteiger partial charge on any atom is 0.271 e. The lowest BCUT2D eigenvalue weighted by Crippen LogP contribution is -2.27. The molecule has 7 nitrogen and oxygen atoms in total. The lowest BCUT2D eigenvalue weighted by atomic mass is 10.1. The van der Waals surface area contributed by atoms with Crippen molar-refractivity contribution < 1.29 is 9.72 Å². The monoisotopic (exact) mass is 306 g/mol. The van der Waals surface area contributed by atoms with Crippen LogP contribution in [0.15, 0.2) is 36.7 Å². The molecule has 0 saturated carbocycles. The van der Waals surface area contributed by atoms with Gasteiger partial charge in [0, 0.05) is 37.3 Å². The molecule has 1 aromatic heterocycles. The second-order valence-electron chi connectivity index (χ2n) is 4.22. The van der Waals surface area contributed by atoms with Gasteiger partial charge < -0.3 is 10.6 Å². The third kappa shape index (κ3) is 2.92.